The topological polar surface area (TPSA) is 83.1 Å². The Morgan fingerprint density at radius 1 is 0.244 bits per heavy atom. The van der Waals surface area contributed by atoms with Crippen LogP contribution in [0.2, 0.25) is 0 Å². The van der Waals surface area contributed by atoms with Gasteiger partial charge in [-0.25, -0.2) is 0 Å². The van der Waals surface area contributed by atoms with Gasteiger partial charge in [-0.3, -0.25) is 4.52 Å². The molecule has 9 nitrogen and oxygen atoms in total. The first-order valence-corrected chi connectivity index (χ1v) is 55.8. The highest BCUT2D eigenvalue weighted by atomic mass is 31.2. The Morgan fingerprint density at radius 3 is 0.756 bits per heavy atom. The van der Waals surface area contributed by atoms with Crippen molar-refractivity contribution in [1.29, 1.82) is 0 Å². The first-order chi connectivity index (χ1) is 61.4. The van der Waals surface area contributed by atoms with Gasteiger partial charge in [-0.05, 0) is 194 Å². The van der Waals surface area contributed by atoms with E-state index >= 15 is 0 Å². The van der Waals surface area contributed by atoms with Crippen LogP contribution < -0.4 is 27.1 Å². The van der Waals surface area contributed by atoms with Gasteiger partial charge in [0.2, 0.25) is 0 Å². The SMILES string of the molecule is CCCCCCCCCCCCOP(OCCCCCCCCCCCC)Oc1cc(C)c(C(CC(C)c2cc(C(C)(C)C)c(OP(Oc3ccccc3CCCCCCCC)Oc3ccccc3CCCCCCCC)cc2C)c2cc(C(C)(C)C)c(OP(OCCCCCCCCCCCC)Oc3ccccc3CCCCCCCC)cc2C)cc1C(C)(C)C. The molecule has 3 atom stereocenters. The van der Waals surface area contributed by atoms with Gasteiger partial charge < -0.3 is 36.2 Å². The molecule has 12 heteroatoms. The Balaban J connectivity index is 1.48. The van der Waals surface area contributed by atoms with E-state index in [-0.39, 0.29) is 28.1 Å². The first kappa shape index (κ1) is 111. The van der Waals surface area contributed by atoms with Gasteiger partial charge >= 0.3 is 25.8 Å². The Labute approximate surface area is 785 Å². The van der Waals surface area contributed by atoms with Crippen LogP contribution in [-0.2, 0) is 49.1 Å². The molecular formula is C115H187O9P3. The van der Waals surface area contributed by atoms with Gasteiger partial charge in [0.15, 0.2) is 0 Å². The molecule has 0 fully saturated rings. The molecule has 0 N–H and O–H groups in total. The Bertz CT molecular complexity index is 3740. The lowest BCUT2D eigenvalue weighted by Gasteiger charge is -2.33. The maximum absolute atomic E-state index is 7.47. The molecule has 0 radical (unpaired) electrons. The lowest BCUT2D eigenvalue weighted by Crippen LogP contribution is -2.19. The molecule has 0 heterocycles. The number of para-hydroxylation sites is 3. The summed E-state index contributed by atoms with van der Waals surface area (Å²) < 4.78 is 64.5. The Hall–Kier alpha value is -4.71. The van der Waals surface area contributed by atoms with E-state index in [9.17, 15) is 0 Å². The third-order valence-corrected chi connectivity index (χ3v) is 29.1. The van der Waals surface area contributed by atoms with Gasteiger partial charge in [-0.15, -0.1) is 0 Å². The summed E-state index contributed by atoms with van der Waals surface area (Å²) in [6.45, 7) is 46.0. The molecule has 0 saturated heterocycles. The average Bonchev–Trinajstić information content (AvgIpc) is 0.759. The van der Waals surface area contributed by atoms with Crippen LogP contribution in [-0.4, -0.2) is 19.8 Å². The largest absolute Gasteiger partial charge is 0.530 e. The van der Waals surface area contributed by atoms with Crippen LogP contribution in [0.25, 0.3) is 0 Å². The first-order valence-electron chi connectivity index (χ1n) is 52.5. The second-order valence-corrected chi connectivity index (χ2v) is 43.9. The Morgan fingerprint density at radius 2 is 0.465 bits per heavy atom. The summed E-state index contributed by atoms with van der Waals surface area (Å²) >= 11 is 0. The molecular weight excluding hydrogens is 1620 g/mol. The van der Waals surface area contributed by atoms with Crippen LogP contribution in [0.15, 0.2) is 109 Å². The molecule has 127 heavy (non-hydrogen) atoms. The second-order valence-electron chi connectivity index (χ2n) is 40.7. The van der Waals surface area contributed by atoms with Crippen LogP contribution >= 0.6 is 25.8 Å². The summed E-state index contributed by atoms with van der Waals surface area (Å²) in [6.07, 6.45) is 63.9. The van der Waals surface area contributed by atoms with Crippen molar-refractivity contribution in [2.75, 3.05) is 19.8 Å². The van der Waals surface area contributed by atoms with Crippen molar-refractivity contribution in [3.8, 4) is 34.5 Å². The van der Waals surface area contributed by atoms with Crippen molar-refractivity contribution in [3.63, 3.8) is 0 Å². The van der Waals surface area contributed by atoms with Gasteiger partial charge in [0.1, 0.15) is 34.5 Å². The molecule has 6 aromatic carbocycles. The van der Waals surface area contributed by atoms with Crippen LogP contribution in [0.3, 0.4) is 0 Å². The lowest BCUT2D eigenvalue weighted by atomic mass is 9.74. The predicted octanol–water partition coefficient (Wildman–Crippen LogP) is 39.4. The third-order valence-electron chi connectivity index (χ3n) is 25.8. The van der Waals surface area contributed by atoms with Crippen molar-refractivity contribution in [3.05, 3.63) is 176 Å². The van der Waals surface area contributed by atoms with Crippen molar-refractivity contribution in [1.82, 2.24) is 0 Å². The highest BCUT2D eigenvalue weighted by Gasteiger charge is 2.35. The molecule has 6 aromatic rings. The maximum atomic E-state index is 7.47. The van der Waals surface area contributed by atoms with E-state index in [1.54, 1.807) is 0 Å². The van der Waals surface area contributed by atoms with E-state index in [0.29, 0.717) is 19.8 Å². The van der Waals surface area contributed by atoms with E-state index < -0.39 is 25.8 Å². The highest BCUT2D eigenvalue weighted by molar-refractivity contribution is 7.43. The predicted molar refractivity (Wildman–Crippen MR) is 553 cm³/mol. The van der Waals surface area contributed by atoms with E-state index in [2.05, 4.69) is 241 Å². The molecule has 0 aliphatic heterocycles. The van der Waals surface area contributed by atoms with Gasteiger partial charge in [-0.2, -0.15) is 0 Å². The fourth-order valence-electron chi connectivity index (χ4n) is 17.8. The van der Waals surface area contributed by atoms with Crippen molar-refractivity contribution in [2.24, 2.45) is 0 Å². The highest BCUT2D eigenvalue weighted by Crippen LogP contribution is 2.54. The molecule has 0 amide bonds. The summed E-state index contributed by atoms with van der Waals surface area (Å²) in [6, 6.07) is 40.3. The number of unbranched alkanes of at least 4 members (excludes halogenated alkanes) is 42. The standard InChI is InChI=1S/C115H187O9P3/c1-20-26-32-38-44-47-50-53-59-71-83-116-125(117-84-72-60-54-51-48-45-39-33-27-21-2)122-110-88-95(9)101(91-105(110)114(14,15)16)103(102-92-106(115(17,18)19)111(89-96(102)10)123-126(118-85-73-61-55-52-49-46-40-34-28-22-3)119-107-80-68-65-77-97(107)74-62-56-41-35-29-23-4)86-93(7)100-90-104(113(11,12)13)112(87-94(100)8)124-127(120-108-81-69-66-78-98(108)75-63-57-42-36-30-24-5)121-109-82-70-67-79-99(109)76-64-58-43-37-31-25-6/h65-70,77-82,87-93,103H,20-64,71-76,83-86H2,1-19H3. The number of hydrogen-bond donors (Lipinski definition) is 0. The molecule has 0 bridgehead atoms. The van der Waals surface area contributed by atoms with E-state index in [1.165, 1.54) is 300 Å². The molecule has 6 rings (SSSR count). The molecule has 0 aromatic heterocycles. The zero-order valence-electron chi connectivity index (χ0n) is 85.0. The van der Waals surface area contributed by atoms with Crippen LogP contribution in [0.1, 0.15) is 504 Å². The minimum atomic E-state index is -2.00. The van der Waals surface area contributed by atoms with Crippen molar-refractivity contribution < 1.29 is 40.7 Å². The molecule has 3 unspecified atom stereocenters. The molecule has 0 aliphatic carbocycles. The lowest BCUT2D eigenvalue weighted by molar-refractivity contribution is 0.197. The number of rotatable bonds is 74. The Kier molecular flexibility index (Phi) is 56.8. The summed E-state index contributed by atoms with van der Waals surface area (Å²) in [5.41, 5.74) is 13.4. The fourth-order valence-corrected chi connectivity index (χ4v) is 21.1. The zero-order chi connectivity index (χ0) is 91.8. The molecule has 716 valence electrons. The number of hydrogen-bond acceptors (Lipinski definition) is 9. The van der Waals surface area contributed by atoms with Crippen LogP contribution in [0.4, 0.5) is 0 Å². The molecule has 0 spiro atoms. The summed E-state index contributed by atoms with van der Waals surface area (Å²) in [5, 5.41) is 0. The van der Waals surface area contributed by atoms with E-state index in [4.69, 9.17) is 40.7 Å². The van der Waals surface area contributed by atoms with Gasteiger partial charge in [0.25, 0.3) is 0 Å². The smallest absolute Gasteiger partial charge is 0.426 e. The van der Waals surface area contributed by atoms with Crippen LogP contribution in [0, 0.1) is 20.8 Å². The summed E-state index contributed by atoms with van der Waals surface area (Å²) in [7, 11) is -5.55. The van der Waals surface area contributed by atoms with Crippen molar-refractivity contribution >= 4 is 25.8 Å². The van der Waals surface area contributed by atoms with Crippen molar-refractivity contribution in [2.45, 2.75) is 494 Å². The quantitative estimate of drug-likeness (QED) is 0.0274. The third kappa shape index (κ3) is 44.3. The van der Waals surface area contributed by atoms with E-state index in [0.717, 1.165) is 135 Å². The number of aryl methyl sites for hydroxylation is 6. The zero-order valence-corrected chi connectivity index (χ0v) is 87.6. The molecule has 0 aliphatic rings. The average molecular weight is 1810 g/mol. The molecule has 0 saturated carbocycles. The van der Waals surface area contributed by atoms with Crippen LogP contribution in [0.5, 0.6) is 34.5 Å². The maximum Gasteiger partial charge on any atom is 0.530 e. The number of benzene rings is 6. The fraction of sp³-hybridized carbons (Fsp3) is 0.687. The van der Waals surface area contributed by atoms with Gasteiger partial charge in [-0.1, -0.05) is 453 Å². The summed E-state index contributed by atoms with van der Waals surface area (Å²) in [4.78, 5) is 0. The summed E-state index contributed by atoms with van der Waals surface area (Å²) in [5.74, 6) is 4.99. The monoisotopic (exact) mass is 1810 g/mol. The van der Waals surface area contributed by atoms with Gasteiger partial charge in [0.05, 0.1) is 19.8 Å². The normalized spacial score (nSPS) is 12.8. The van der Waals surface area contributed by atoms with E-state index in [1.807, 2.05) is 0 Å². The van der Waals surface area contributed by atoms with Gasteiger partial charge in [0, 0.05) is 22.6 Å². The second kappa shape index (κ2) is 65.0. The minimum absolute atomic E-state index is 0.0711. The minimum Gasteiger partial charge on any atom is -0.426 e.